The largest absolute Gasteiger partial charge is 0.438 e. The first-order chi connectivity index (χ1) is 16.7. The average Bonchev–Trinajstić information content (AvgIpc) is 3.43. The highest BCUT2D eigenvalue weighted by atomic mass is 19.1. The fourth-order valence-electron chi connectivity index (χ4n) is 4.31. The van der Waals surface area contributed by atoms with Crippen LogP contribution < -0.4 is 0 Å². The molecule has 5 rings (SSSR count). The summed E-state index contributed by atoms with van der Waals surface area (Å²) in [5, 5.41) is 15.7. The normalized spacial score (nSPS) is 14.4. The molecular formula is C26H26FN5O3. The number of nitrogens with zero attached hydrogens (tertiary/aromatic N) is 5. The molecule has 1 amide bonds. The Morgan fingerprint density at radius 3 is 2.69 bits per heavy atom. The summed E-state index contributed by atoms with van der Waals surface area (Å²) in [6.07, 6.45) is 6.73. The van der Waals surface area contributed by atoms with Crippen molar-refractivity contribution in [3.05, 3.63) is 60.6 Å². The topological polar surface area (TPSA) is 97.3 Å². The standard InChI is InChI=1S/C26H26FN5O3/c1-16(33)31-10-4-5-18(12-31)22-11-20-24(28-15-29-25(20)35-22)21-13-32(14-26(2,3)34)30-23(21)17-6-8-19(27)9-7-17/h6-9,11-13,15,34H,4-5,10,14H2,1-3H3. The zero-order valence-corrected chi connectivity index (χ0v) is 19.8. The van der Waals surface area contributed by atoms with Crippen molar-refractivity contribution in [1.82, 2.24) is 24.6 Å². The number of halogens is 1. The molecule has 0 saturated heterocycles. The summed E-state index contributed by atoms with van der Waals surface area (Å²) in [6, 6.07) is 7.99. The summed E-state index contributed by atoms with van der Waals surface area (Å²) < 4.78 is 21.3. The van der Waals surface area contributed by atoms with Crippen molar-refractivity contribution in [2.75, 3.05) is 6.54 Å². The summed E-state index contributed by atoms with van der Waals surface area (Å²) in [4.78, 5) is 22.4. The molecule has 8 nitrogen and oxygen atoms in total. The van der Waals surface area contributed by atoms with E-state index in [1.807, 2.05) is 18.5 Å². The molecule has 1 N–H and O–H groups in total. The number of hydrogen-bond acceptors (Lipinski definition) is 6. The molecule has 1 aromatic carbocycles. The van der Waals surface area contributed by atoms with E-state index in [4.69, 9.17) is 9.52 Å². The van der Waals surface area contributed by atoms with Gasteiger partial charge in [0.1, 0.15) is 23.6 Å². The van der Waals surface area contributed by atoms with E-state index in [1.165, 1.54) is 18.5 Å². The Kier molecular flexibility index (Phi) is 5.72. The quantitative estimate of drug-likeness (QED) is 0.451. The van der Waals surface area contributed by atoms with Gasteiger partial charge in [0, 0.05) is 42.6 Å². The fraction of sp³-hybridized carbons (Fsp3) is 0.308. The third-order valence-corrected chi connectivity index (χ3v) is 5.89. The number of fused-ring (bicyclic) bond motifs is 1. The lowest BCUT2D eigenvalue weighted by Crippen LogP contribution is -2.27. The minimum absolute atomic E-state index is 0.0121. The van der Waals surface area contributed by atoms with Crippen molar-refractivity contribution >= 4 is 22.6 Å². The predicted molar refractivity (Wildman–Crippen MR) is 129 cm³/mol. The van der Waals surface area contributed by atoms with Crippen LogP contribution >= 0.6 is 0 Å². The molecule has 0 atom stereocenters. The molecule has 0 aliphatic carbocycles. The Hall–Kier alpha value is -3.85. The second-order valence-corrected chi connectivity index (χ2v) is 9.43. The lowest BCUT2D eigenvalue weighted by Gasteiger charge is -2.22. The first-order valence-electron chi connectivity index (χ1n) is 11.5. The number of aliphatic hydroxyl groups is 1. The Morgan fingerprint density at radius 1 is 1.20 bits per heavy atom. The molecule has 35 heavy (non-hydrogen) atoms. The number of allylic oxidation sites excluding steroid dienone is 1. The van der Waals surface area contributed by atoms with Crippen LogP contribution in [-0.4, -0.2) is 47.8 Å². The van der Waals surface area contributed by atoms with Crippen LogP contribution in [0.5, 0.6) is 0 Å². The van der Waals surface area contributed by atoms with E-state index in [1.54, 1.807) is 42.5 Å². The van der Waals surface area contributed by atoms with E-state index >= 15 is 0 Å². The number of carbonyl (C=O) groups is 1. The molecule has 0 radical (unpaired) electrons. The second-order valence-electron chi connectivity index (χ2n) is 9.43. The van der Waals surface area contributed by atoms with Crippen molar-refractivity contribution in [3.63, 3.8) is 0 Å². The van der Waals surface area contributed by atoms with Gasteiger partial charge < -0.3 is 14.4 Å². The third-order valence-electron chi connectivity index (χ3n) is 5.89. The van der Waals surface area contributed by atoms with Crippen molar-refractivity contribution in [3.8, 4) is 22.5 Å². The first-order valence-corrected chi connectivity index (χ1v) is 11.5. The number of amides is 1. The van der Waals surface area contributed by atoms with Crippen molar-refractivity contribution in [1.29, 1.82) is 0 Å². The maximum Gasteiger partial charge on any atom is 0.230 e. The van der Waals surface area contributed by atoms with Crippen LogP contribution in [0, 0.1) is 5.82 Å². The molecule has 3 aromatic heterocycles. The minimum Gasteiger partial charge on any atom is -0.438 e. The summed E-state index contributed by atoms with van der Waals surface area (Å²) in [5.41, 5.74) is 3.02. The van der Waals surface area contributed by atoms with Gasteiger partial charge in [0.05, 0.1) is 23.2 Å². The van der Waals surface area contributed by atoms with Crippen LogP contribution in [0.15, 0.2) is 53.5 Å². The third kappa shape index (κ3) is 4.72. The molecule has 1 aliphatic heterocycles. The van der Waals surface area contributed by atoms with E-state index in [9.17, 15) is 14.3 Å². The van der Waals surface area contributed by atoms with Crippen LogP contribution in [0.25, 0.3) is 39.2 Å². The number of benzene rings is 1. The maximum atomic E-state index is 13.6. The summed E-state index contributed by atoms with van der Waals surface area (Å²) in [5.74, 6) is 0.289. The van der Waals surface area contributed by atoms with Crippen molar-refractivity contribution in [2.45, 2.75) is 45.8 Å². The second kappa shape index (κ2) is 8.74. The van der Waals surface area contributed by atoms with Gasteiger partial charge in [-0.3, -0.25) is 9.48 Å². The SMILES string of the molecule is CC(=O)N1C=C(c2cc3c(-c4cn(CC(C)(C)O)nc4-c4ccc(F)cc4)ncnc3o2)CCC1. The van der Waals surface area contributed by atoms with E-state index in [0.29, 0.717) is 40.4 Å². The molecule has 4 heterocycles. The zero-order valence-electron chi connectivity index (χ0n) is 19.8. The van der Waals surface area contributed by atoms with Gasteiger partial charge in [-0.25, -0.2) is 14.4 Å². The number of furan rings is 1. The van der Waals surface area contributed by atoms with E-state index in [0.717, 1.165) is 24.0 Å². The molecule has 0 spiro atoms. The van der Waals surface area contributed by atoms with E-state index < -0.39 is 5.60 Å². The van der Waals surface area contributed by atoms with E-state index in [2.05, 4.69) is 9.97 Å². The van der Waals surface area contributed by atoms with Crippen LogP contribution in [-0.2, 0) is 11.3 Å². The van der Waals surface area contributed by atoms with E-state index in [-0.39, 0.29) is 18.3 Å². The summed E-state index contributed by atoms with van der Waals surface area (Å²) in [6.45, 7) is 5.91. The van der Waals surface area contributed by atoms with Gasteiger partial charge in [0.2, 0.25) is 11.6 Å². The number of rotatable bonds is 5. The molecular weight excluding hydrogens is 449 g/mol. The molecule has 9 heteroatoms. The van der Waals surface area contributed by atoms with Gasteiger partial charge >= 0.3 is 0 Å². The number of aromatic nitrogens is 4. The monoisotopic (exact) mass is 475 g/mol. The molecule has 4 aromatic rings. The lowest BCUT2D eigenvalue weighted by atomic mass is 10.0. The van der Waals surface area contributed by atoms with Gasteiger partial charge in [0.15, 0.2) is 0 Å². The maximum absolute atomic E-state index is 13.6. The first kappa shape index (κ1) is 22.9. The molecule has 0 saturated carbocycles. The van der Waals surface area contributed by atoms with Crippen molar-refractivity contribution in [2.24, 2.45) is 0 Å². The highest BCUT2D eigenvalue weighted by Crippen LogP contribution is 2.37. The van der Waals surface area contributed by atoms with Crippen LogP contribution in [0.4, 0.5) is 4.39 Å². The lowest BCUT2D eigenvalue weighted by molar-refractivity contribution is -0.126. The summed E-state index contributed by atoms with van der Waals surface area (Å²) >= 11 is 0. The van der Waals surface area contributed by atoms with Crippen LogP contribution in [0.2, 0.25) is 0 Å². The Labute approximate surface area is 201 Å². The highest BCUT2D eigenvalue weighted by molar-refractivity contribution is 5.95. The van der Waals surface area contributed by atoms with Crippen LogP contribution in [0.3, 0.4) is 0 Å². The van der Waals surface area contributed by atoms with Gasteiger partial charge in [-0.15, -0.1) is 0 Å². The molecule has 0 bridgehead atoms. The van der Waals surface area contributed by atoms with Gasteiger partial charge in [-0.2, -0.15) is 5.10 Å². The van der Waals surface area contributed by atoms with Gasteiger partial charge in [-0.05, 0) is 57.0 Å². The molecule has 180 valence electrons. The molecule has 0 fully saturated rings. The average molecular weight is 476 g/mol. The van der Waals surface area contributed by atoms with Crippen LogP contribution in [0.1, 0.15) is 39.4 Å². The van der Waals surface area contributed by atoms with Crippen molar-refractivity contribution < 1.29 is 18.7 Å². The molecule has 1 aliphatic rings. The van der Waals surface area contributed by atoms with Gasteiger partial charge in [-0.1, -0.05) is 0 Å². The van der Waals surface area contributed by atoms with Gasteiger partial charge in [0.25, 0.3) is 0 Å². The smallest absolute Gasteiger partial charge is 0.230 e. The Balaban J connectivity index is 1.64. The zero-order chi connectivity index (χ0) is 24.7. The predicted octanol–water partition coefficient (Wildman–Crippen LogP) is 4.65. The summed E-state index contributed by atoms with van der Waals surface area (Å²) in [7, 11) is 0. The Bertz CT molecular complexity index is 1430. The fourth-order valence-corrected chi connectivity index (χ4v) is 4.31. The molecule has 0 unspecified atom stereocenters. The number of hydrogen-bond donors (Lipinski definition) is 1. The highest BCUT2D eigenvalue weighted by Gasteiger charge is 2.23. The Morgan fingerprint density at radius 2 is 1.97 bits per heavy atom. The minimum atomic E-state index is -0.983. The number of carbonyl (C=O) groups excluding carboxylic acids is 1.